The number of carbonyl (C=O) groups is 2. The summed E-state index contributed by atoms with van der Waals surface area (Å²) < 4.78 is 5.31. The molecule has 1 aromatic carbocycles. The number of carbonyl (C=O) groups excluding carboxylic acids is 2. The molecular weight excluding hydrogens is 280 g/mol. The fourth-order valence-electron chi connectivity index (χ4n) is 3.04. The molecule has 2 heterocycles. The van der Waals surface area contributed by atoms with E-state index in [0.717, 1.165) is 12.8 Å². The largest absolute Gasteiger partial charge is 0.381 e. The SMILES string of the molecule is CC1=NN(c2ccccc2)C(=O)C1C(=O)CC1CCOCC1. The first kappa shape index (κ1) is 14.9. The molecule has 0 radical (unpaired) electrons. The molecule has 1 fully saturated rings. The van der Waals surface area contributed by atoms with Gasteiger partial charge in [-0.2, -0.15) is 10.1 Å². The Morgan fingerprint density at radius 3 is 2.64 bits per heavy atom. The minimum absolute atomic E-state index is 0.0171. The average Bonchev–Trinajstić information content (AvgIpc) is 2.84. The predicted octanol–water partition coefficient (Wildman–Crippen LogP) is 2.41. The van der Waals surface area contributed by atoms with Crippen molar-refractivity contribution in [3.8, 4) is 0 Å². The quantitative estimate of drug-likeness (QED) is 0.802. The number of nitrogens with zero attached hydrogens (tertiary/aromatic N) is 2. The first-order valence-corrected chi connectivity index (χ1v) is 7.71. The van der Waals surface area contributed by atoms with Crippen LogP contribution in [0.15, 0.2) is 35.4 Å². The van der Waals surface area contributed by atoms with Crippen molar-refractivity contribution in [2.45, 2.75) is 26.2 Å². The molecule has 116 valence electrons. The van der Waals surface area contributed by atoms with Crippen LogP contribution in [0, 0.1) is 11.8 Å². The topological polar surface area (TPSA) is 59.0 Å². The molecule has 1 atom stereocenters. The van der Waals surface area contributed by atoms with E-state index in [1.165, 1.54) is 5.01 Å². The van der Waals surface area contributed by atoms with Crippen molar-refractivity contribution in [3.05, 3.63) is 30.3 Å². The Balaban J connectivity index is 1.71. The molecule has 22 heavy (non-hydrogen) atoms. The van der Waals surface area contributed by atoms with Gasteiger partial charge in [0.25, 0.3) is 5.91 Å². The Morgan fingerprint density at radius 1 is 1.27 bits per heavy atom. The molecule has 0 aromatic heterocycles. The van der Waals surface area contributed by atoms with E-state index in [4.69, 9.17) is 4.74 Å². The van der Waals surface area contributed by atoms with Crippen molar-refractivity contribution >= 4 is 23.1 Å². The number of hydrazone groups is 1. The summed E-state index contributed by atoms with van der Waals surface area (Å²) in [7, 11) is 0. The molecular formula is C17H20N2O3. The van der Waals surface area contributed by atoms with E-state index >= 15 is 0 Å². The van der Waals surface area contributed by atoms with E-state index in [1.807, 2.05) is 30.3 Å². The second-order valence-electron chi connectivity index (χ2n) is 5.89. The molecule has 0 N–H and O–H groups in total. The van der Waals surface area contributed by atoms with E-state index in [-0.39, 0.29) is 11.7 Å². The normalized spacial score (nSPS) is 22.8. The van der Waals surface area contributed by atoms with Gasteiger partial charge in [0.2, 0.25) is 0 Å². The molecule has 2 aliphatic heterocycles. The number of Topliss-reactive ketones (excluding diaryl/α,β-unsaturated/α-hetero) is 1. The fourth-order valence-corrected chi connectivity index (χ4v) is 3.04. The second-order valence-corrected chi connectivity index (χ2v) is 5.89. The van der Waals surface area contributed by atoms with Crippen molar-refractivity contribution in [2.75, 3.05) is 18.2 Å². The van der Waals surface area contributed by atoms with Crippen LogP contribution < -0.4 is 5.01 Å². The molecule has 1 unspecified atom stereocenters. The maximum absolute atomic E-state index is 12.6. The smallest absolute Gasteiger partial charge is 0.263 e. The monoisotopic (exact) mass is 300 g/mol. The summed E-state index contributed by atoms with van der Waals surface area (Å²) in [6.45, 7) is 3.17. The number of hydrogen-bond donors (Lipinski definition) is 0. The lowest BCUT2D eigenvalue weighted by Gasteiger charge is -2.22. The molecule has 0 saturated carbocycles. The summed E-state index contributed by atoms with van der Waals surface area (Å²) in [6.07, 6.45) is 2.23. The van der Waals surface area contributed by atoms with Gasteiger partial charge in [0, 0.05) is 19.6 Å². The molecule has 1 saturated heterocycles. The van der Waals surface area contributed by atoms with Crippen molar-refractivity contribution in [1.82, 2.24) is 0 Å². The minimum atomic E-state index is -0.719. The van der Waals surface area contributed by atoms with Gasteiger partial charge in [0.05, 0.1) is 11.4 Å². The van der Waals surface area contributed by atoms with Crippen LogP contribution in [0.1, 0.15) is 26.2 Å². The standard InChI is InChI=1S/C17H20N2O3/c1-12-16(15(20)11-13-7-9-22-10-8-13)17(21)19(18-12)14-5-3-2-4-6-14/h2-6,13,16H,7-11H2,1H3. The highest BCUT2D eigenvalue weighted by Gasteiger charge is 2.39. The van der Waals surface area contributed by atoms with Crippen LogP contribution in [-0.2, 0) is 14.3 Å². The minimum Gasteiger partial charge on any atom is -0.381 e. The molecule has 3 rings (SSSR count). The Bertz CT molecular complexity index is 591. The van der Waals surface area contributed by atoms with E-state index in [1.54, 1.807) is 6.92 Å². The van der Waals surface area contributed by atoms with Crippen LogP contribution in [-0.4, -0.2) is 30.6 Å². The number of ketones is 1. The Labute approximate surface area is 129 Å². The first-order valence-electron chi connectivity index (χ1n) is 7.71. The number of amides is 1. The molecule has 0 aliphatic carbocycles. The van der Waals surface area contributed by atoms with Crippen LogP contribution in [0.25, 0.3) is 0 Å². The maximum atomic E-state index is 12.6. The maximum Gasteiger partial charge on any atom is 0.263 e. The lowest BCUT2D eigenvalue weighted by molar-refractivity contribution is -0.129. The summed E-state index contributed by atoms with van der Waals surface area (Å²) in [5.41, 5.74) is 1.29. The van der Waals surface area contributed by atoms with Gasteiger partial charge in [-0.1, -0.05) is 18.2 Å². The van der Waals surface area contributed by atoms with Gasteiger partial charge in [-0.05, 0) is 37.8 Å². The number of benzene rings is 1. The number of hydrogen-bond acceptors (Lipinski definition) is 4. The van der Waals surface area contributed by atoms with Gasteiger partial charge in [-0.25, -0.2) is 0 Å². The summed E-state index contributed by atoms with van der Waals surface area (Å²) in [5, 5.41) is 5.64. The highest BCUT2D eigenvalue weighted by Crippen LogP contribution is 2.27. The molecule has 1 aromatic rings. The van der Waals surface area contributed by atoms with Gasteiger partial charge in [0.15, 0.2) is 5.78 Å². The Hall–Kier alpha value is -2.01. The van der Waals surface area contributed by atoms with Crippen LogP contribution in [0.5, 0.6) is 0 Å². The fraction of sp³-hybridized carbons (Fsp3) is 0.471. The third kappa shape index (κ3) is 2.95. The molecule has 0 bridgehead atoms. The van der Waals surface area contributed by atoms with Crippen molar-refractivity contribution in [1.29, 1.82) is 0 Å². The van der Waals surface area contributed by atoms with Crippen LogP contribution in [0.2, 0.25) is 0 Å². The molecule has 2 aliphatic rings. The average molecular weight is 300 g/mol. The van der Waals surface area contributed by atoms with Gasteiger partial charge >= 0.3 is 0 Å². The third-order valence-corrected chi connectivity index (χ3v) is 4.28. The molecule has 5 heteroatoms. The Morgan fingerprint density at radius 2 is 1.95 bits per heavy atom. The Kier molecular flexibility index (Phi) is 4.34. The second kappa shape index (κ2) is 6.40. The van der Waals surface area contributed by atoms with Gasteiger partial charge < -0.3 is 4.74 Å². The van der Waals surface area contributed by atoms with Crippen LogP contribution >= 0.6 is 0 Å². The van der Waals surface area contributed by atoms with E-state index in [2.05, 4.69) is 5.10 Å². The zero-order valence-electron chi connectivity index (χ0n) is 12.7. The van der Waals surface area contributed by atoms with E-state index in [9.17, 15) is 9.59 Å². The van der Waals surface area contributed by atoms with Crippen molar-refractivity contribution < 1.29 is 14.3 Å². The van der Waals surface area contributed by atoms with Gasteiger partial charge in [-0.3, -0.25) is 9.59 Å². The third-order valence-electron chi connectivity index (χ3n) is 4.28. The van der Waals surface area contributed by atoms with Crippen molar-refractivity contribution in [2.24, 2.45) is 16.9 Å². The molecule has 0 spiro atoms. The first-order chi connectivity index (χ1) is 10.7. The number of anilines is 1. The molecule has 1 amide bonds. The zero-order chi connectivity index (χ0) is 15.5. The van der Waals surface area contributed by atoms with Crippen LogP contribution in [0.4, 0.5) is 5.69 Å². The number of rotatable bonds is 4. The highest BCUT2D eigenvalue weighted by molar-refractivity contribution is 6.27. The highest BCUT2D eigenvalue weighted by atomic mass is 16.5. The number of ether oxygens (including phenoxy) is 1. The summed E-state index contributed by atoms with van der Waals surface area (Å²) in [6, 6.07) is 9.23. The summed E-state index contributed by atoms with van der Waals surface area (Å²) in [4.78, 5) is 25.1. The van der Waals surface area contributed by atoms with Crippen molar-refractivity contribution in [3.63, 3.8) is 0 Å². The van der Waals surface area contributed by atoms with E-state index < -0.39 is 5.92 Å². The van der Waals surface area contributed by atoms with Gasteiger partial charge in [-0.15, -0.1) is 0 Å². The summed E-state index contributed by atoms with van der Waals surface area (Å²) in [5.74, 6) is -0.645. The van der Waals surface area contributed by atoms with Gasteiger partial charge in [0.1, 0.15) is 5.92 Å². The summed E-state index contributed by atoms with van der Waals surface area (Å²) >= 11 is 0. The zero-order valence-corrected chi connectivity index (χ0v) is 12.7. The number of para-hydroxylation sites is 1. The van der Waals surface area contributed by atoms with E-state index in [0.29, 0.717) is 37.0 Å². The van der Waals surface area contributed by atoms with Crippen LogP contribution in [0.3, 0.4) is 0 Å². The molecule has 5 nitrogen and oxygen atoms in total. The lowest BCUT2D eigenvalue weighted by Crippen LogP contribution is -2.34. The lowest BCUT2D eigenvalue weighted by atomic mass is 9.87. The predicted molar refractivity (Wildman–Crippen MR) is 83.7 cm³/mol.